The summed E-state index contributed by atoms with van der Waals surface area (Å²) in [5.41, 5.74) is 0.325. The van der Waals surface area contributed by atoms with E-state index in [1.54, 1.807) is 6.07 Å². The van der Waals surface area contributed by atoms with Crippen molar-refractivity contribution in [2.75, 3.05) is 6.54 Å². The van der Waals surface area contributed by atoms with E-state index in [4.69, 9.17) is 0 Å². The number of halogens is 1. The summed E-state index contributed by atoms with van der Waals surface area (Å²) in [6.45, 7) is 6.81. The summed E-state index contributed by atoms with van der Waals surface area (Å²) in [5.74, 6) is -0.292. The van der Waals surface area contributed by atoms with Crippen molar-refractivity contribution < 1.29 is 9.72 Å². The highest BCUT2D eigenvalue weighted by Crippen LogP contribution is 2.25. The first-order valence-electron chi connectivity index (χ1n) is 5.93. The van der Waals surface area contributed by atoms with Crippen LogP contribution in [0, 0.1) is 15.5 Å². The Bertz CT molecular complexity index is 495. The molecule has 1 N–H and O–H groups in total. The molecule has 1 amide bonds. The van der Waals surface area contributed by atoms with E-state index in [1.165, 1.54) is 12.1 Å². The van der Waals surface area contributed by atoms with Gasteiger partial charge in [-0.3, -0.25) is 14.9 Å². The zero-order valence-corrected chi connectivity index (χ0v) is 12.8. The molecule has 0 spiro atoms. The van der Waals surface area contributed by atoms with Gasteiger partial charge in [0.25, 0.3) is 11.6 Å². The SMILES string of the molecule is CC(C)(C)CCNC(=O)c1ccc(Br)c([N+](=O)[O-])c1. The third-order valence-electron chi connectivity index (χ3n) is 2.57. The summed E-state index contributed by atoms with van der Waals surface area (Å²) < 4.78 is 0.365. The van der Waals surface area contributed by atoms with Crippen molar-refractivity contribution in [2.24, 2.45) is 5.41 Å². The van der Waals surface area contributed by atoms with Crippen LogP contribution in [-0.2, 0) is 0 Å². The number of carbonyl (C=O) groups excluding carboxylic acids is 1. The van der Waals surface area contributed by atoms with Gasteiger partial charge in [-0.2, -0.15) is 0 Å². The molecule has 1 aromatic carbocycles. The number of rotatable bonds is 4. The van der Waals surface area contributed by atoms with Gasteiger partial charge < -0.3 is 5.32 Å². The van der Waals surface area contributed by atoms with Gasteiger partial charge in [0, 0.05) is 18.2 Å². The Morgan fingerprint density at radius 2 is 2.05 bits per heavy atom. The predicted molar refractivity (Wildman–Crippen MR) is 77.2 cm³/mol. The molecule has 1 aromatic rings. The number of nitro benzene ring substituents is 1. The molecule has 0 atom stereocenters. The molecule has 0 unspecified atom stereocenters. The molecule has 0 fully saturated rings. The first-order chi connectivity index (χ1) is 8.70. The van der Waals surface area contributed by atoms with Crippen molar-refractivity contribution in [3.63, 3.8) is 0 Å². The molecular formula is C13H17BrN2O3. The first-order valence-corrected chi connectivity index (χ1v) is 6.72. The Morgan fingerprint density at radius 3 is 2.58 bits per heavy atom. The quantitative estimate of drug-likeness (QED) is 0.678. The number of nitro groups is 1. The summed E-state index contributed by atoms with van der Waals surface area (Å²) in [6, 6.07) is 4.34. The lowest BCUT2D eigenvalue weighted by Crippen LogP contribution is -2.27. The fourth-order valence-corrected chi connectivity index (χ4v) is 1.84. The van der Waals surface area contributed by atoms with Gasteiger partial charge in [-0.15, -0.1) is 0 Å². The molecule has 0 heterocycles. The van der Waals surface area contributed by atoms with Gasteiger partial charge in [0.2, 0.25) is 0 Å². The van der Waals surface area contributed by atoms with Gasteiger partial charge in [0.1, 0.15) is 0 Å². The highest BCUT2D eigenvalue weighted by atomic mass is 79.9. The van der Waals surface area contributed by atoms with Crippen LogP contribution in [0.1, 0.15) is 37.6 Å². The van der Waals surface area contributed by atoms with E-state index >= 15 is 0 Å². The molecular weight excluding hydrogens is 312 g/mol. The number of carbonyl (C=O) groups is 1. The van der Waals surface area contributed by atoms with Crippen molar-refractivity contribution >= 4 is 27.5 Å². The molecule has 0 aliphatic carbocycles. The van der Waals surface area contributed by atoms with Crippen LogP contribution in [0.15, 0.2) is 22.7 Å². The number of nitrogens with zero attached hydrogens (tertiary/aromatic N) is 1. The molecule has 19 heavy (non-hydrogen) atoms. The number of benzene rings is 1. The minimum absolute atomic E-state index is 0.108. The zero-order chi connectivity index (χ0) is 14.6. The van der Waals surface area contributed by atoms with E-state index < -0.39 is 4.92 Å². The second-order valence-corrected chi connectivity index (χ2v) is 6.34. The minimum atomic E-state index is -0.518. The predicted octanol–water partition coefficient (Wildman–Crippen LogP) is 3.52. The molecule has 0 aromatic heterocycles. The Kier molecular flexibility index (Phi) is 5.05. The highest BCUT2D eigenvalue weighted by Gasteiger charge is 2.16. The maximum Gasteiger partial charge on any atom is 0.284 e. The fraction of sp³-hybridized carbons (Fsp3) is 0.462. The molecule has 0 saturated carbocycles. The van der Waals surface area contributed by atoms with E-state index in [-0.39, 0.29) is 17.0 Å². The molecule has 0 radical (unpaired) electrons. The molecule has 0 saturated heterocycles. The third kappa shape index (κ3) is 4.98. The van der Waals surface area contributed by atoms with Gasteiger partial charge in [0.15, 0.2) is 0 Å². The molecule has 5 nitrogen and oxygen atoms in total. The van der Waals surface area contributed by atoms with Crippen LogP contribution in [0.3, 0.4) is 0 Å². The lowest BCUT2D eigenvalue weighted by molar-refractivity contribution is -0.385. The van der Waals surface area contributed by atoms with Crippen molar-refractivity contribution in [3.8, 4) is 0 Å². The lowest BCUT2D eigenvalue weighted by atomic mass is 9.92. The van der Waals surface area contributed by atoms with Crippen LogP contribution >= 0.6 is 15.9 Å². The summed E-state index contributed by atoms with van der Waals surface area (Å²) in [6.07, 6.45) is 0.845. The molecule has 0 aliphatic heterocycles. The summed E-state index contributed by atoms with van der Waals surface area (Å²) in [7, 11) is 0. The minimum Gasteiger partial charge on any atom is -0.352 e. The van der Waals surface area contributed by atoms with Gasteiger partial charge in [-0.25, -0.2) is 0 Å². The second-order valence-electron chi connectivity index (χ2n) is 5.49. The Balaban J connectivity index is 2.73. The van der Waals surface area contributed by atoms with Crippen LogP contribution in [0.4, 0.5) is 5.69 Å². The number of hydrogen-bond donors (Lipinski definition) is 1. The van der Waals surface area contributed by atoms with Gasteiger partial charge in [-0.1, -0.05) is 20.8 Å². The van der Waals surface area contributed by atoms with E-state index in [0.29, 0.717) is 16.6 Å². The number of amides is 1. The van der Waals surface area contributed by atoms with Gasteiger partial charge in [-0.05, 0) is 39.9 Å². The zero-order valence-electron chi connectivity index (χ0n) is 11.2. The number of nitrogens with one attached hydrogen (secondary N) is 1. The Hall–Kier alpha value is -1.43. The van der Waals surface area contributed by atoms with Crippen LogP contribution in [-0.4, -0.2) is 17.4 Å². The maximum absolute atomic E-state index is 11.9. The normalized spacial score (nSPS) is 11.2. The molecule has 104 valence electrons. The van der Waals surface area contributed by atoms with Crippen LogP contribution in [0.2, 0.25) is 0 Å². The monoisotopic (exact) mass is 328 g/mol. The second kappa shape index (κ2) is 6.14. The van der Waals surface area contributed by atoms with E-state index in [9.17, 15) is 14.9 Å². The molecule has 0 aliphatic rings. The van der Waals surface area contributed by atoms with E-state index in [1.807, 2.05) is 0 Å². The Morgan fingerprint density at radius 1 is 1.42 bits per heavy atom. The Labute approximate surface area is 120 Å². The summed E-state index contributed by atoms with van der Waals surface area (Å²) in [4.78, 5) is 22.1. The fourth-order valence-electron chi connectivity index (χ4n) is 1.45. The summed E-state index contributed by atoms with van der Waals surface area (Å²) in [5, 5.41) is 13.6. The van der Waals surface area contributed by atoms with Gasteiger partial charge >= 0.3 is 0 Å². The average molecular weight is 329 g/mol. The molecule has 1 rings (SSSR count). The van der Waals surface area contributed by atoms with Gasteiger partial charge in [0.05, 0.1) is 9.40 Å². The number of hydrogen-bond acceptors (Lipinski definition) is 3. The van der Waals surface area contributed by atoms with Crippen molar-refractivity contribution in [2.45, 2.75) is 27.2 Å². The smallest absolute Gasteiger partial charge is 0.284 e. The topological polar surface area (TPSA) is 72.2 Å². The van der Waals surface area contributed by atoms with E-state index in [2.05, 4.69) is 42.0 Å². The third-order valence-corrected chi connectivity index (χ3v) is 3.24. The lowest BCUT2D eigenvalue weighted by Gasteiger charge is -2.18. The molecule has 6 heteroatoms. The first kappa shape index (κ1) is 15.6. The average Bonchev–Trinajstić information content (AvgIpc) is 2.27. The van der Waals surface area contributed by atoms with Crippen molar-refractivity contribution in [1.82, 2.24) is 5.32 Å². The molecule has 0 bridgehead atoms. The largest absolute Gasteiger partial charge is 0.352 e. The van der Waals surface area contributed by atoms with Crippen LogP contribution in [0.25, 0.3) is 0 Å². The standard InChI is InChI=1S/C13H17BrN2O3/c1-13(2,3)6-7-15-12(17)9-4-5-10(14)11(8-9)16(18)19/h4-5,8H,6-7H2,1-3H3,(H,15,17). The highest BCUT2D eigenvalue weighted by molar-refractivity contribution is 9.10. The maximum atomic E-state index is 11.9. The van der Waals surface area contributed by atoms with Crippen molar-refractivity contribution in [1.29, 1.82) is 0 Å². The van der Waals surface area contributed by atoms with Crippen LogP contribution in [0.5, 0.6) is 0 Å². The van der Waals surface area contributed by atoms with E-state index in [0.717, 1.165) is 6.42 Å². The summed E-state index contributed by atoms with van der Waals surface area (Å²) >= 11 is 3.09. The van der Waals surface area contributed by atoms with Crippen molar-refractivity contribution in [3.05, 3.63) is 38.3 Å². The van der Waals surface area contributed by atoms with Crippen LogP contribution < -0.4 is 5.32 Å².